The SMILES string of the molecule is CC1(C)COC(=O)C1CC(=O)c1ccc(F)cc1. The number of ketones is 1. The first-order valence-electron chi connectivity index (χ1n) is 5.85. The number of esters is 1. The van der Waals surface area contributed by atoms with Crippen LogP contribution in [-0.4, -0.2) is 18.4 Å². The number of halogens is 1. The number of Topliss-reactive ketones (excluding diaryl/α,β-unsaturated/α-hetero) is 1. The zero-order valence-corrected chi connectivity index (χ0v) is 10.4. The number of ether oxygens (including phenoxy) is 1. The van der Waals surface area contributed by atoms with Crippen LogP contribution in [0.5, 0.6) is 0 Å². The van der Waals surface area contributed by atoms with E-state index in [4.69, 9.17) is 4.74 Å². The summed E-state index contributed by atoms with van der Waals surface area (Å²) in [7, 11) is 0. The Hall–Kier alpha value is -1.71. The van der Waals surface area contributed by atoms with Crippen LogP contribution in [-0.2, 0) is 9.53 Å². The van der Waals surface area contributed by atoms with Gasteiger partial charge in [-0.15, -0.1) is 0 Å². The molecule has 0 radical (unpaired) electrons. The lowest BCUT2D eigenvalue weighted by Gasteiger charge is -2.20. The van der Waals surface area contributed by atoms with Gasteiger partial charge in [0, 0.05) is 17.4 Å². The molecule has 1 aromatic carbocycles. The maximum atomic E-state index is 12.8. The first-order valence-corrected chi connectivity index (χ1v) is 5.85. The molecule has 0 amide bonds. The highest BCUT2D eigenvalue weighted by atomic mass is 19.1. The molecule has 1 atom stereocenters. The maximum Gasteiger partial charge on any atom is 0.310 e. The van der Waals surface area contributed by atoms with E-state index in [0.717, 1.165) is 0 Å². The molecule has 3 nitrogen and oxygen atoms in total. The van der Waals surface area contributed by atoms with Crippen molar-refractivity contribution in [3.05, 3.63) is 35.6 Å². The number of rotatable bonds is 3. The van der Waals surface area contributed by atoms with Crippen molar-refractivity contribution in [2.45, 2.75) is 20.3 Å². The summed E-state index contributed by atoms with van der Waals surface area (Å²) in [6.45, 7) is 4.15. The van der Waals surface area contributed by atoms with Crippen LogP contribution < -0.4 is 0 Å². The summed E-state index contributed by atoms with van der Waals surface area (Å²) in [5, 5.41) is 0. The predicted molar refractivity (Wildman–Crippen MR) is 63.6 cm³/mol. The summed E-state index contributed by atoms with van der Waals surface area (Å²) in [5.74, 6) is -1.29. The lowest BCUT2D eigenvalue weighted by atomic mass is 9.78. The molecule has 2 rings (SSSR count). The van der Waals surface area contributed by atoms with Crippen LogP contribution in [0.4, 0.5) is 4.39 Å². The summed E-state index contributed by atoms with van der Waals surface area (Å²) < 4.78 is 17.7. The zero-order chi connectivity index (χ0) is 13.3. The topological polar surface area (TPSA) is 43.4 Å². The van der Waals surface area contributed by atoms with Gasteiger partial charge in [-0.05, 0) is 24.3 Å². The summed E-state index contributed by atoms with van der Waals surface area (Å²) in [6, 6.07) is 5.35. The standard InChI is InChI=1S/C14H15FO3/c1-14(2)8-18-13(17)11(14)7-12(16)9-3-5-10(15)6-4-9/h3-6,11H,7-8H2,1-2H3. The van der Waals surface area contributed by atoms with Crippen LogP contribution in [0.1, 0.15) is 30.6 Å². The molecule has 0 bridgehead atoms. The van der Waals surface area contributed by atoms with Crippen LogP contribution in [0.25, 0.3) is 0 Å². The Balaban J connectivity index is 2.12. The Bertz CT molecular complexity index is 476. The van der Waals surface area contributed by atoms with E-state index < -0.39 is 5.92 Å². The van der Waals surface area contributed by atoms with E-state index in [-0.39, 0.29) is 29.4 Å². The summed E-state index contributed by atoms with van der Waals surface area (Å²) in [5.41, 5.74) is 0.0964. The minimum Gasteiger partial charge on any atom is -0.465 e. The molecule has 96 valence electrons. The van der Waals surface area contributed by atoms with Crippen LogP contribution in [0, 0.1) is 17.2 Å². The van der Waals surface area contributed by atoms with Crippen molar-refractivity contribution >= 4 is 11.8 Å². The number of hydrogen-bond acceptors (Lipinski definition) is 3. The minimum absolute atomic E-state index is 0.109. The lowest BCUT2D eigenvalue weighted by Crippen LogP contribution is -2.26. The Kier molecular flexibility index (Phi) is 3.20. The molecule has 4 heteroatoms. The van der Waals surface area contributed by atoms with Crippen LogP contribution in [0.15, 0.2) is 24.3 Å². The van der Waals surface area contributed by atoms with Crippen molar-refractivity contribution in [2.24, 2.45) is 11.3 Å². The highest BCUT2D eigenvalue weighted by Crippen LogP contribution is 2.37. The van der Waals surface area contributed by atoms with Gasteiger partial charge in [-0.2, -0.15) is 0 Å². The largest absolute Gasteiger partial charge is 0.465 e. The molecular formula is C14H15FO3. The van der Waals surface area contributed by atoms with Gasteiger partial charge in [-0.1, -0.05) is 13.8 Å². The molecule has 0 saturated carbocycles. The van der Waals surface area contributed by atoms with Gasteiger partial charge >= 0.3 is 5.97 Å². The monoisotopic (exact) mass is 250 g/mol. The first kappa shape index (κ1) is 12.7. The first-order chi connectivity index (χ1) is 8.40. The number of carbonyl (C=O) groups excluding carboxylic acids is 2. The molecular weight excluding hydrogens is 235 g/mol. The Labute approximate surface area is 105 Å². The minimum atomic E-state index is -0.421. The second-order valence-electron chi connectivity index (χ2n) is 5.28. The number of benzene rings is 1. The van der Waals surface area contributed by atoms with Crippen LogP contribution in [0.3, 0.4) is 0 Å². The second kappa shape index (κ2) is 4.52. The maximum absolute atomic E-state index is 12.8. The predicted octanol–water partition coefficient (Wildman–Crippen LogP) is 2.60. The average molecular weight is 250 g/mol. The molecule has 1 aliphatic heterocycles. The van der Waals surface area contributed by atoms with Crippen LogP contribution >= 0.6 is 0 Å². The smallest absolute Gasteiger partial charge is 0.310 e. The Morgan fingerprint density at radius 3 is 2.50 bits per heavy atom. The Morgan fingerprint density at radius 2 is 2.00 bits per heavy atom. The second-order valence-corrected chi connectivity index (χ2v) is 5.28. The van der Waals surface area contributed by atoms with Gasteiger partial charge in [-0.3, -0.25) is 9.59 Å². The molecule has 18 heavy (non-hydrogen) atoms. The van der Waals surface area contributed by atoms with Crippen molar-refractivity contribution in [1.82, 2.24) is 0 Å². The highest BCUT2D eigenvalue weighted by molar-refractivity contribution is 5.98. The van der Waals surface area contributed by atoms with Crippen molar-refractivity contribution in [3.8, 4) is 0 Å². The molecule has 0 spiro atoms. The fourth-order valence-corrected chi connectivity index (χ4v) is 2.08. The van der Waals surface area contributed by atoms with Gasteiger partial charge < -0.3 is 4.74 Å². The molecule has 1 aliphatic rings. The summed E-state index contributed by atoms with van der Waals surface area (Å²) in [4.78, 5) is 23.6. The van der Waals surface area contributed by atoms with Gasteiger partial charge in [-0.25, -0.2) is 4.39 Å². The fraction of sp³-hybridized carbons (Fsp3) is 0.429. The van der Waals surface area contributed by atoms with E-state index >= 15 is 0 Å². The average Bonchev–Trinajstić information content (AvgIpc) is 2.57. The van der Waals surface area contributed by atoms with E-state index in [1.54, 1.807) is 0 Å². The summed E-state index contributed by atoms with van der Waals surface area (Å²) in [6.07, 6.45) is 0.109. The molecule has 1 unspecified atom stereocenters. The van der Waals surface area contributed by atoms with E-state index in [1.807, 2.05) is 13.8 Å². The number of hydrogen-bond donors (Lipinski definition) is 0. The van der Waals surface area contributed by atoms with Crippen molar-refractivity contribution in [3.63, 3.8) is 0 Å². The van der Waals surface area contributed by atoms with Gasteiger partial charge in [0.25, 0.3) is 0 Å². The van der Waals surface area contributed by atoms with Crippen LogP contribution in [0.2, 0.25) is 0 Å². The normalized spacial score (nSPS) is 21.7. The van der Waals surface area contributed by atoms with Gasteiger partial charge in [0.15, 0.2) is 5.78 Å². The summed E-state index contributed by atoms with van der Waals surface area (Å²) >= 11 is 0. The molecule has 0 aromatic heterocycles. The van der Waals surface area contributed by atoms with Gasteiger partial charge in [0.2, 0.25) is 0 Å². The van der Waals surface area contributed by atoms with E-state index in [2.05, 4.69) is 0 Å². The zero-order valence-electron chi connectivity index (χ0n) is 10.4. The fourth-order valence-electron chi connectivity index (χ4n) is 2.08. The van der Waals surface area contributed by atoms with Gasteiger partial charge in [0.1, 0.15) is 5.82 Å². The van der Waals surface area contributed by atoms with Crippen molar-refractivity contribution < 1.29 is 18.7 Å². The molecule has 1 aromatic rings. The third-order valence-electron chi connectivity index (χ3n) is 3.37. The van der Waals surface area contributed by atoms with Crippen molar-refractivity contribution in [2.75, 3.05) is 6.61 Å². The van der Waals surface area contributed by atoms with E-state index in [9.17, 15) is 14.0 Å². The van der Waals surface area contributed by atoms with Gasteiger partial charge in [0.05, 0.1) is 12.5 Å². The Morgan fingerprint density at radius 1 is 1.39 bits per heavy atom. The van der Waals surface area contributed by atoms with Crippen molar-refractivity contribution in [1.29, 1.82) is 0 Å². The van der Waals surface area contributed by atoms with E-state index in [1.165, 1.54) is 24.3 Å². The lowest BCUT2D eigenvalue weighted by molar-refractivity contribution is -0.141. The molecule has 1 heterocycles. The quantitative estimate of drug-likeness (QED) is 0.611. The molecule has 1 fully saturated rings. The highest BCUT2D eigenvalue weighted by Gasteiger charge is 2.44. The third-order valence-corrected chi connectivity index (χ3v) is 3.37. The number of cyclic esters (lactones) is 1. The number of carbonyl (C=O) groups is 2. The van der Waals surface area contributed by atoms with E-state index in [0.29, 0.717) is 12.2 Å². The molecule has 0 N–H and O–H groups in total. The molecule has 1 saturated heterocycles. The molecule has 0 aliphatic carbocycles. The third kappa shape index (κ3) is 2.42.